The van der Waals surface area contributed by atoms with E-state index in [4.69, 9.17) is 0 Å². The smallest absolute Gasteiger partial charge is 0.315 e. The molecular formula is C19H24N2O. The first-order valence-corrected chi connectivity index (χ1v) is 7.60. The molecule has 0 spiro atoms. The van der Waals surface area contributed by atoms with Crippen LogP contribution in [0, 0.1) is 5.41 Å². The molecular weight excluding hydrogens is 272 g/mol. The van der Waals surface area contributed by atoms with Gasteiger partial charge in [0.15, 0.2) is 0 Å². The van der Waals surface area contributed by atoms with Gasteiger partial charge in [0, 0.05) is 6.54 Å². The molecule has 3 heteroatoms. The number of rotatable bonds is 4. The molecule has 0 aliphatic carbocycles. The molecule has 0 radical (unpaired) electrons. The summed E-state index contributed by atoms with van der Waals surface area (Å²) in [6.45, 7) is 6.92. The summed E-state index contributed by atoms with van der Waals surface area (Å²) in [5, 5.41) is 6.01. The molecule has 0 atom stereocenters. The summed E-state index contributed by atoms with van der Waals surface area (Å²) in [7, 11) is 0. The lowest BCUT2D eigenvalue weighted by atomic mass is 9.97. The number of hydrogen-bond acceptors (Lipinski definition) is 1. The molecule has 0 bridgehead atoms. The summed E-state index contributed by atoms with van der Waals surface area (Å²) in [6.07, 6.45) is 0. The van der Waals surface area contributed by atoms with Gasteiger partial charge in [-0.1, -0.05) is 81.4 Å². The highest BCUT2D eigenvalue weighted by atomic mass is 16.2. The maximum Gasteiger partial charge on any atom is 0.315 e. The van der Waals surface area contributed by atoms with Crippen molar-refractivity contribution in [2.24, 2.45) is 5.41 Å². The topological polar surface area (TPSA) is 41.1 Å². The molecule has 0 fully saturated rings. The minimum atomic E-state index is -0.151. The van der Waals surface area contributed by atoms with Crippen LogP contribution in [0.25, 0.3) is 0 Å². The first kappa shape index (κ1) is 16.1. The van der Waals surface area contributed by atoms with Gasteiger partial charge in [0.05, 0.1) is 6.04 Å². The average molecular weight is 296 g/mol. The highest BCUT2D eigenvalue weighted by Gasteiger charge is 2.18. The van der Waals surface area contributed by atoms with E-state index in [1.165, 1.54) is 0 Å². The van der Waals surface area contributed by atoms with Crippen molar-refractivity contribution in [1.29, 1.82) is 0 Å². The molecule has 2 aromatic carbocycles. The van der Waals surface area contributed by atoms with Crippen molar-refractivity contribution in [3.05, 3.63) is 71.8 Å². The SMILES string of the molecule is CC(C)(C)CNC(=O)NC(c1ccccc1)c1ccccc1. The number of carbonyl (C=O) groups is 1. The van der Waals surface area contributed by atoms with Crippen LogP contribution in [0.3, 0.4) is 0 Å². The largest absolute Gasteiger partial charge is 0.338 e. The summed E-state index contributed by atoms with van der Waals surface area (Å²) in [5.41, 5.74) is 2.20. The molecule has 116 valence electrons. The lowest BCUT2D eigenvalue weighted by Gasteiger charge is -2.23. The van der Waals surface area contributed by atoms with E-state index in [-0.39, 0.29) is 17.5 Å². The van der Waals surface area contributed by atoms with E-state index >= 15 is 0 Å². The molecule has 0 saturated heterocycles. The second-order valence-corrected chi connectivity index (χ2v) is 6.64. The lowest BCUT2D eigenvalue weighted by Crippen LogP contribution is -2.41. The van der Waals surface area contributed by atoms with E-state index in [1.807, 2.05) is 60.7 Å². The van der Waals surface area contributed by atoms with Gasteiger partial charge in [0.1, 0.15) is 0 Å². The molecule has 0 aliphatic rings. The fraction of sp³-hybridized carbons (Fsp3) is 0.316. The summed E-state index contributed by atoms with van der Waals surface area (Å²) < 4.78 is 0. The molecule has 2 aromatic rings. The van der Waals surface area contributed by atoms with Crippen LogP contribution in [0.1, 0.15) is 37.9 Å². The summed E-state index contributed by atoms with van der Waals surface area (Å²) >= 11 is 0. The second kappa shape index (κ2) is 7.12. The van der Waals surface area contributed by atoms with Gasteiger partial charge in [0.25, 0.3) is 0 Å². The number of carbonyl (C=O) groups excluding carboxylic acids is 1. The fourth-order valence-corrected chi connectivity index (χ4v) is 2.18. The molecule has 0 unspecified atom stereocenters. The monoisotopic (exact) mass is 296 g/mol. The van der Waals surface area contributed by atoms with Crippen molar-refractivity contribution in [2.45, 2.75) is 26.8 Å². The van der Waals surface area contributed by atoms with Crippen LogP contribution in [-0.2, 0) is 0 Å². The maximum atomic E-state index is 12.2. The van der Waals surface area contributed by atoms with Crippen molar-refractivity contribution in [1.82, 2.24) is 10.6 Å². The fourth-order valence-electron chi connectivity index (χ4n) is 2.18. The predicted octanol–water partition coefficient (Wildman–Crippen LogP) is 4.12. The average Bonchev–Trinajstić information content (AvgIpc) is 2.52. The van der Waals surface area contributed by atoms with Gasteiger partial charge in [-0.25, -0.2) is 4.79 Å². The Bertz CT molecular complexity index is 548. The lowest BCUT2D eigenvalue weighted by molar-refractivity contribution is 0.233. The third-order valence-corrected chi connectivity index (χ3v) is 3.32. The normalized spacial score (nSPS) is 11.3. The Kier molecular flexibility index (Phi) is 5.21. The number of benzene rings is 2. The zero-order valence-corrected chi connectivity index (χ0v) is 13.5. The number of nitrogens with one attached hydrogen (secondary N) is 2. The molecule has 0 aromatic heterocycles. The van der Waals surface area contributed by atoms with Gasteiger partial charge in [-0.15, -0.1) is 0 Å². The third kappa shape index (κ3) is 4.92. The highest BCUT2D eigenvalue weighted by Crippen LogP contribution is 2.21. The van der Waals surface area contributed by atoms with E-state index in [9.17, 15) is 4.79 Å². The summed E-state index contributed by atoms with van der Waals surface area (Å²) in [5.74, 6) is 0. The van der Waals surface area contributed by atoms with E-state index in [2.05, 4.69) is 31.4 Å². The Morgan fingerprint density at radius 3 is 1.77 bits per heavy atom. The highest BCUT2D eigenvalue weighted by molar-refractivity contribution is 5.75. The van der Waals surface area contributed by atoms with E-state index in [0.717, 1.165) is 11.1 Å². The molecule has 2 N–H and O–H groups in total. The number of hydrogen-bond donors (Lipinski definition) is 2. The summed E-state index contributed by atoms with van der Waals surface area (Å²) in [4.78, 5) is 12.2. The van der Waals surface area contributed by atoms with Crippen molar-refractivity contribution in [2.75, 3.05) is 6.54 Å². The molecule has 22 heavy (non-hydrogen) atoms. The Hall–Kier alpha value is -2.29. The van der Waals surface area contributed by atoms with Crippen molar-refractivity contribution in [3.8, 4) is 0 Å². The number of amides is 2. The molecule has 0 saturated carbocycles. The van der Waals surface area contributed by atoms with Crippen LogP contribution in [0.2, 0.25) is 0 Å². The zero-order chi connectivity index (χ0) is 16.0. The van der Waals surface area contributed by atoms with Crippen molar-refractivity contribution < 1.29 is 4.79 Å². The van der Waals surface area contributed by atoms with Gasteiger partial charge in [-0.2, -0.15) is 0 Å². The summed E-state index contributed by atoms with van der Waals surface area (Å²) in [6, 6.07) is 19.7. The minimum absolute atomic E-state index is 0.0618. The standard InChI is InChI=1S/C19H24N2O/c1-19(2,3)14-20-18(22)21-17(15-10-6-4-7-11-15)16-12-8-5-9-13-16/h4-13,17H,14H2,1-3H3,(H2,20,21,22). The second-order valence-electron chi connectivity index (χ2n) is 6.64. The minimum Gasteiger partial charge on any atom is -0.338 e. The van der Waals surface area contributed by atoms with E-state index in [1.54, 1.807) is 0 Å². The molecule has 2 amide bonds. The van der Waals surface area contributed by atoms with E-state index in [0.29, 0.717) is 6.54 Å². The van der Waals surface area contributed by atoms with Crippen LogP contribution < -0.4 is 10.6 Å². The van der Waals surface area contributed by atoms with Crippen LogP contribution >= 0.6 is 0 Å². The molecule has 3 nitrogen and oxygen atoms in total. The molecule has 2 rings (SSSR count). The number of urea groups is 1. The zero-order valence-electron chi connectivity index (χ0n) is 13.5. The van der Waals surface area contributed by atoms with Crippen molar-refractivity contribution in [3.63, 3.8) is 0 Å². The van der Waals surface area contributed by atoms with Gasteiger partial charge in [0.2, 0.25) is 0 Å². The first-order valence-electron chi connectivity index (χ1n) is 7.60. The van der Waals surface area contributed by atoms with Crippen LogP contribution in [0.15, 0.2) is 60.7 Å². The maximum absolute atomic E-state index is 12.2. The first-order chi connectivity index (χ1) is 10.5. The third-order valence-electron chi connectivity index (χ3n) is 3.32. The van der Waals surface area contributed by atoms with Gasteiger partial charge >= 0.3 is 6.03 Å². The molecule has 0 aliphatic heterocycles. The Morgan fingerprint density at radius 2 is 1.36 bits per heavy atom. The Morgan fingerprint density at radius 1 is 0.909 bits per heavy atom. The molecule has 0 heterocycles. The van der Waals surface area contributed by atoms with Gasteiger partial charge in [-0.3, -0.25) is 0 Å². The van der Waals surface area contributed by atoms with Crippen molar-refractivity contribution >= 4 is 6.03 Å². The van der Waals surface area contributed by atoms with Crippen LogP contribution in [-0.4, -0.2) is 12.6 Å². The predicted molar refractivity (Wildman–Crippen MR) is 90.7 cm³/mol. The van der Waals surface area contributed by atoms with Gasteiger partial charge in [-0.05, 0) is 16.5 Å². The Labute approximate surface area is 132 Å². The van der Waals surface area contributed by atoms with Crippen LogP contribution in [0.5, 0.6) is 0 Å². The van der Waals surface area contributed by atoms with Crippen LogP contribution in [0.4, 0.5) is 4.79 Å². The van der Waals surface area contributed by atoms with E-state index < -0.39 is 0 Å². The van der Waals surface area contributed by atoms with Gasteiger partial charge < -0.3 is 10.6 Å². The Balaban J connectivity index is 2.14. The quantitative estimate of drug-likeness (QED) is 0.875.